The van der Waals surface area contributed by atoms with Gasteiger partial charge in [0.05, 0.1) is 5.56 Å². The number of carboxylic acid groups (broad SMARTS) is 1. The minimum atomic E-state index is -4.49. The second-order valence-corrected chi connectivity index (χ2v) is 13.6. The van der Waals surface area contributed by atoms with Crippen molar-refractivity contribution < 1.29 is 36.8 Å². The summed E-state index contributed by atoms with van der Waals surface area (Å²) in [6.07, 6.45) is 0.418. The van der Waals surface area contributed by atoms with Gasteiger partial charge in [0.15, 0.2) is 5.78 Å². The maximum atomic E-state index is 14.3. The molecule has 1 heterocycles. The minimum Gasteiger partial charge on any atom is -0.507 e. The first kappa shape index (κ1) is 32.5. The van der Waals surface area contributed by atoms with E-state index >= 15 is 0 Å². The molecule has 1 aromatic heterocycles. The summed E-state index contributed by atoms with van der Waals surface area (Å²) in [6.45, 7) is 11.2. The van der Waals surface area contributed by atoms with Crippen molar-refractivity contribution >= 4 is 32.6 Å². The first-order chi connectivity index (χ1) is 21.7. The van der Waals surface area contributed by atoms with E-state index in [1.54, 1.807) is 12.1 Å². The monoisotopic (exact) mass is 640 g/mol. The lowest BCUT2D eigenvalue weighted by molar-refractivity contribution is 0.0693. The van der Waals surface area contributed by atoms with Gasteiger partial charge in [-0.2, -0.15) is 8.42 Å². The number of furan rings is 1. The predicted molar refractivity (Wildman–Crippen MR) is 176 cm³/mol. The zero-order valence-corrected chi connectivity index (χ0v) is 27.4. The zero-order valence-electron chi connectivity index (χ0n) is 26.5. The molecule has 0 saturated heterocycles. The maximum absolute atomic E-state index is 14.3. The van der Waals surface area contributed by atoms with Gasteiger partial charge in [0.1, 0.15) is 33.5 Å². The van der Waals surface area contributed by atoms with Gasteiger partial charge >= 0.3 is 16.1 Å². The zero-order chi connectivity index (χ0) is 33.5. The van der Waals surface area contributed by atoms with Crippen LogP contribution in [0.15, 0.2) is 82.1 Å². The summed E-state index contributed by atoms with van der Waals surface area (Å²) >= 11 is 0. The number of carbonyl (C=O) groups excluding carboxylic acids is 1. The lowest BCUT2D eigenvalue weighted by atomic mass is 9.88. The Hall–Kier alpha value is -4.89. The Labute approximate surface area is 268 Å². The Kier molecular flexibility index (Phi) is 8.82. The molecule has 0 atom stereocenters. The molecule has 0 bridgehead atoms. The van der Waals surface area contributed by atoms with Gasteiger partial charge in [0.2, 0.25) is 0 Å². The van der Waals surface area contributed by atoms with Gasteiger partial charge in [-0.25, -0.2) is 4.79 Å². The van der Waals surface area contributed by atoms with Crippen LogP contribution in [0.5, 0.6) is 11.5 Å². The van der Waals surface area contributed by atoms with E-state index in [1.165, 1.54) is 0 Å². The highest BCUT2D eigenvalue weighted by atomic mass is 32.2. The van der Waals surface area contributed by atoms with Crippen LogP contribution in [-0.4, -0.2) is 30.4 Å². The average Bonchev–Trinajstić information content (AvgIpc) is 3.27. The van der Waals surface area contributed by atoms with Gasteiger partial charge in [0.25, 0.3) is 0 Å². The van der Waals surface area contributed by atoms with Gasteiger partial charge in [-0.1, -0.05) is 70.2 Å². The number of ketones is 1. The summed E-state index contributed by atoms with van der Waals surface area (Å²) in [7, 11) is -4.49. The van der Waals surface area contributed by atoms with Crippen molar-refractivity contribution in [3.05, 3.63) is 123 Å². The van der Waals surface area contributed by atoms with Crippen LogP contribution in [0.4, 0.5) is 0 Å². The summed E-state index contributed by atoms with van der Waals surface area (Å²) in [5.41, 5.74) is 3.19. The summed E-state index contributed by atoms with van der Waals surface area (Å²) in [6, 6.07) is 20.5. The topological polar surface area (TPSA) is 131 Å². The predicted octanol–water partition coefficient (Wildman–Crippen LogP) is 8.29. The lowest BCUT2D eigenvalue weighted by Crippen LogP contribution is -2.15. The van der Waals surface area contributed by atoms with Gasteiger partial charge in [-0.15, -0.1) is 0 Å². The fourth-order valence-corrected chi connectivity index (χ4v) is 6.56. The molecule has 0 aliphatic carbocycles. The quantitative estimate of drug-likeness (QED) is 0.115. The highest BCUT2D eigenvalue weighted by molar-refractivity contribution is 7.87. The number of aryl methyl sites for hydroxylation is 1. The van der Waals surface area contributed by atoms with Gasteiger partial charge in [0, 0.05) is 23.6 Å². The van der Waals surface area contributed by atoms with Gasteiger partial charge in [-0.3, -0.25) is 4.79 Å². The van der Waals surface area contributed by atoms with E-state index in [0.29, 0.717) is 40.2 Å². The fraction of sp³-hybridized carbons (Fsp3) is 0.243. The number of carboxylic acids is 1. The van der Waals surface area contributed by atoms with E-state index in [4.69, 9.17) is 8.60 Å². The largest absolute Gasteiger partial charge is 0.507 e. The number of rotatable bonds is 10. The van der Waals surface area contributed by atoms with E-state index in [1.807, 2.05) is 77.9 Å². The second kappa shape index (κ2) is 12.5. The maximum Gasteiger partial charge on any atom is 0.339 e. The standard InChI is InChI=1S/C37H36O8S/c1-20(2)30-17-27(18-31(21(3)4)36(30)45-46(42,43)28-13-14-29(37(40)41)32(38)19-28)35(39)34-22(5)23(6)44-33(34)16-24-11-12-25-9-7-8-10-26(25)15-24/h7-15,17-21,38H,16H2,1-6H3,(H,40,41). The molecule has 9 heteroatoms. The van der Waals surface area contributed by atoms with E-state index in [0.717, 1.165) is 40.1 Å². The Bertz CT molecular complexity index is 2070. The summed E-state index contributed by atoms with van der Waals surface area (Å²) < 4.78 is 38.7. The molecule has 238 valence electrons. The Balaban J connectivity index is 1.57. The molecule has 0 unspecified atom stereocenters. The normalized spacial score (nSPS) is 11.8. The molecule has 8 nitrogen and oxygen atoms in total. The highest BCUT2D eigenvalue weighted by Crippen LogP contribution is 2.39. The van der Waals surface area contributed by atoms with Crippen molar-refractivity contribution in [3.63, 3.8) is 0 Å². The smallest absolute Gasteiger partial charge is 0.339 e. The molecule has 5 rings (SSSR count). The number of aromatic hydroxyl groups is 1. The van der Waals surface area contributed by atoms with E-state index in [-0.39, 0.29) is 23.4 Å². The number of benzene rings is 4. The van der Waals surface area contributed by atoms with Crippen LogP contribution in [0.25, 0.3) is 10.8 Å². The number of fused-ring (bicyclic) bond motifs is 1. The Morgan fingerprint density at radius 1 is 0.848 bits per heavy atom. The highest BCUT2D eigenvalue weighted by Gasteiger charge is 2.29. The number of phenols is 1. The third kappa shape index (κ3) is 6.28. The van der Waals surface area contributed by atoms with E-state index < -0.39 is 32.3 Å². The van der Waals surface area contributed by atoms with Crippen LogP contribution in [-0.2, 0) is 16.5 Å². The van der Waals surface area contributed by atoms with E-state index in [2.05, 4.69) is 6.07 Å². The number of hydrogen-bond donors (Lipinski definition) is 2. The van der Waals surface area contributed by atoms with Gasteiger partial charge in [-0.05, 0) is 77.4 Å². The Morgan fingerprint density at radius 2 is 1.48 bits per heavy atom. The fourth-order valence-electron chi connectivity index (χ4n) is 5.56. The van der Waals surface area contributed by atoms with Crippen LogP contribution < -0.4 is 4.18 Å². The van der Waals surface area contributed by atoms with Crippen LogP contribution in [0.3, 0.4) is 0 Å². The molecule has 0 radical (unpaired) electrons. The summed E-state index contributed by atoms with van der Waals surface area (Å²) in [5, 5.41) is 21.6. The van der Waals surface area contributed by atoms with Crippen molar-refractivity contribution in [2.24, 2.45) is 0 Å². The molecule has 46 heavy (non-hydrogen) atoms. The molecule has 2 N–H and O–H groups in total. The molecule has 0 aliphatic heterocycles. The molecule has 0 saturated carbocycles. The van der Waals surface area contributed by atoms with Crippen LogP contribution in [0.1, 0.15) is 99.6 Å². The Morgan fingerprint density at radius 3 is 2.07 bits per heavy atom. The molecule has 0 fully saturated rings. The molecular weight excluding hydrogens is 604 g/mol. The molecule has 5 aromatic rings. The minimum absolute atomic E-state index is 0.0971. The van der Waals surface area contributed by atoms with Crippen molar-refractivity contribution in [3.8, 4) is 11.5 Å². The molecule has 0 spiro atoms. The van der Waals surface area contributed by atoms with Crippen LogP contribution >= 0.6 is 0 Å². The average molecular weight is 641 g/mol. The van der Waals surface area contributed by atoms with Crippen molar-refractivity contribution in [2.45, 2.75) is 64.7 Å². The second-order valence-electron chi connectivity index (χ2n) is 12.1. The number of carbonyl (C=O) groups is 2. The first-order valence-corrected chi connectivity index (χ1v) is 16.4. The van der Waals surface area contributed by atoms with Crippen molar-refractivity contribution in [1.82, 2.24) is 0 Å². The summed E-state index contributed by atoms with van der Waals surface area (Å²) in [4.78, 5) is 25.2. The van der Waals surface area contributed by atoms with Crippen LogP contribution in [0, 0.1) is 13.8 Å². The SMILES string of the molecule is Cc1oc(Cc2ccc3ccccc3c2)c(C(=O)c2cc(C(C)C)c(OS(=O)(=O)c3ccc(C(=O)O)c(O)c3)c(C(C)C)c2)c1C. The van der Waals surface area contributed by atoms with E-state index in [9.17, 15) is 28.2 Å². The molecule has 4 aromatic carbocycles. The third-order valence-corrected chi connectivity index (χ3v) is 9.42. The van der Waals surface area contributed by atoms with Crippen molar-refractivity contribution in [2.75, 3.05) is 0 Å². The molecular formula is C37H36O8S. The number of aromatic carboxylic acids is 1. The third-order valence-electron chi connectivity index (χ3n) is 8.20. The number of hydrogen-bond acceptors (Lipinski definition) is 7. The molecule has 0 aliphatic rings. The van der Waals surface area contributed by atoms with Crippen molar-refractivity contribution in [1.29, 1.82) is 0 Å². The summed E-state index contributed by atoms with van der Waals surface area (Å²) in [5.74, 6) is -1.50. The van der Waals surface area contributed by atoms with Gasteiger partial charge < -0.3 is 18.8 Å². The molecule has 0 amide bonds. The van der Waals surface area contributed by atoms with Crippen LogP contribution in [0.2, 0.25) is 0 Å². The lowest BCUT2D eigenvalue weighted by Gasteiger charge is -2.21. The first-order valence-electron chi connectivity index (χ1n) is 15.0.